The van der Waals surface area contributed by atoms with E-state index in [1.165, 1.54) is 0 Å². The number of rotatable bonds is 7. The molecular weight excluding hydrogens is 256 g/mol. The van der Waals surface area contributed by atoms with Crippen molar-refractivity contribution in [3.05, 3.63) is 29.8 Å². The van der Waals surface area contributed by atoms with Gasteiger partial charge in [0.25, 0.3) is 0 Å². The maximum atomic E-state index is 11.7. The molecule has 0 saturated heterocycles. The van der Waals surface area contributed by atoms with E-state index < -0.39 is 5.97 Å². The number of amides is 1. The van der Waals surface area contributed by atoms with Gasteiger partial charge in [0.15, 0.2) is 0 Å². The molecule has 20 heavy (non-hydrogen) atoms. The Labute approximate surface area is 119 Å². The SMILES string of the molecule is CC(CC(=O)O)c1ccc(NC(=O)CCN(C)C)cc1. The van der Waals surface area contributed by atoms with Crippen LogP contribution in [0.15, 0.2) is 24.3 Å². The molecule has 0 aliphatic carbocycles. The van der Waals surface area contributed by atoms with Crippen molar-refractivity contribution < 1.29 is 14.7 Å². The normalized spacial score (nSPS) is 12.2. The summed E-state index contributed by atoms with van der Waals surface area (Å²) in [6.45, 7) is 2.58. The third kappa shape index (κ3) is 5.84. The van der Waals surface area contributed by atoms with E-state index in [2.05, 4.69) is 5.32 Å². The average molecular weight is 278 g/mol. The van der Waals surface area contributed by atoms with Crippen LogP contribution in [0.4, 0.5) is 5.69 Å². The van der Waals surface area contributed by atoms with Crippen molar-refractivity contribution in [3.63, 3.8) is 0 Å². The molecule has 2 N–H and O–H groups in total. The van der Waals surface area contributed by atoms with Gasteiger partial charge in [-0.2, -0.15) is 0 Å². The van der Waals surface area contributed by atoms with Gasteiger partial charge in [-0.1, -0.05) is 19.1 Å². The number of carboxylic acids is 1. The largest absolute Gasteiger partial charge is 0.481 e. The summed E-state index contributed by atoms with van der Waals surface area (Å²) in [6, 6.07) is 7.33. The summed E-state index contributed by atoms with van der Waals surface area (Å²) in [5.41, 5.74) is 1.69. The summed E-state index contributed by atoms with van der Waals surface area (Å²) in [4.78, 5) is 24.3. The van der Waals surface area contributed by atoms with Crippen LogP contribution in [-0.2, 0) is 9.59 Å². The Bertz CT molecular complexity index is 455. The lowest BCUT2D eigenvalue weighted by molar-refractivity contribution is -0.137. The Kier molecular flexibility index (Phi) is 6.18. The van der Waals surface area contributed by atoms with E-state index in [0.29, 0.717) is 13.0 Å². The zero-order chi connectivity index (χ0) is 15.1. The molecule has 0 saturated carbocycles. The molecule has 0 heterocycles. The number of carbonyl (C=O) groups is 2. The molecular formula is C15H22N2O3. The second-order valence-electron chi connectivity index (χ2n) is 5.22. The zero-order valence-corrected chi connectivity index (χ0v) is 12.2. The number of nitrogens with zero attached hydrogens (tertiary/aromatic N) is 1. The molecule has 1 unspecified atom stereocenters. The van der Waals surface area contributed by atoms with E-state index in [1.807, 2.05) is 38.1 Å². The number of benzene rings is 1. The Morgan fingerprint density at radius 1 is 1.25 bits per heavy atom. The molecule has 1 atom stereocenters. The number of nitrogens with one attached hydrogen (secondary N) is 1. The lowest BCUT2D eigenvalue weighted by Crippen LogP contribution is -2.20. The minimum atomic E-state index is -0.807. The standard InChI is InChI=1S/C15H22N2O3/c1-11(10-15(19)20)12-4-6-13(7-5-12)16-14(18)8-9-17(2)3/h4-7,11H,8-10H2,1-3H3,(H,16,18)(H,19,20). The Hall–Kier alpha value is -1.88. The van der Waals surface area contributed by atoms with Crippen LogP contribution in [0.5, 0.6) is 0 Å². The van der Waals surface area contributed by atoms with Crippen LogP contribution in [-0.4, -0.2) is 42.5 Å². The highest BCUT2D eigenvalue weighted by Crippen LogP contribution is 2.21. The highest BCUT2D eigenvalue weighted by molar-refractivity contribution is 5.90. The van der Waals surface area contributed by atoms with Crippen LogP contribution < -0.4 is 5.32 Å². The van der Waals surface area contributed by atoms with E-state index >= 15 is 0 Å². The van der Waals surface area contributed by atoms with Crippen molar-refractivity contribution >= 4 is 17.6 Å². The van der Waals surface area contributed by atoms with E-state index in [1.54, 1.807) is 12.1 Å². The number of carbonyl (C=O) groups excluding carboxylic acids is 1. The quantitative estimate of drug-likeness (QED) is 0.802. The second kappa shape index (κ2) is 7.65. The molecule has 0 fully saturated rings. The fourth-order valence-corrected chi connectivity index (χ4v) is 1.82. The Morgan fingerprint density at radius 3 is 2.35 bits per heavy atom. The minimum absolute atomic E-state index is 0.0231. The van der Waals surface area contributed by atoms with Gasteiger partial charge in [0.05, 0.1) is 6.42 Å². The van der Waals surface area contributed by atoms with E-state index in [4.69, 9.17) is 5.11 Å². The van der Waals surface area contributed by atoms with Crippen molar-refractivity contribution in [2.45, 2.75) is 25.7 Å². The molecule has 0 aliphatic rings. The van der Waals surface area contributed by atoms with Crippen molar-refractivity contribution in [1.29, 1.82) is 0 Å². The second-order valence-corrected chi connectivity index (χ2v) is 5.22. The van der Waals surface area contributed by atoms with Crippen molar-refractivity contribution in [3.8, 4) is 0 Å². The molecule has 110 valence electrons. The molecule has 1 aromatic rings. The van der Waals surface area contributed by atoms with Gasteiger partial charge in [-0.05, 0) is 37.7 Å². The van der Waals surface area contributed by atoms with E-state index in [9.17, 15) is 9.59 Å². The topological polar surface area (TPSA) is 69.6 Å². The van der Waals surface area contributed by atoms with Gasteiger partial charge in [-0.15, -0.1) is 0 Å². The lowest BCUT2D eigenvalue weighted by Gasteiger charge is -2.12. The summed E-state index contributed by atoms with van der Waals surface area (Å²) in [7, 11) is 3.85. The lowest BCUT2D eigenvalue weighted by atomic mass is 9.98. The summed E-state index contributed by atoms with van der Waals surface area (Å²) >= 11 is 0. The van der Waals surface area contributed by atoms with Gasteiger partial charge in [0.2, 0.25) is 5.91 Å². The van der Waals surface area contributed by atoms with Crippen LogP contribution in [0.25, 0.3) is 0 Å². The van der Waals surface area contributed by atoms with Crippen molar-refractivity contribution in [1.82, 2.24) is 4.90 Å². The van der Waals surface area contributed by atoms with Crippen LogP contribution in [0.2, 0.25) is 0 Å². The highest BCUT2D eigenvalue weighted by atomic mass is 16.4. The van der Waals surface area contributed by atoms with Crippen LogP contribution in [0.3, 0.4) is 0 Å². The first-order valence-corrected chi connectivity index (χ1v) is 6.65. The van der Waals surface area contributed by atoms with Gasteiger partial charge in [-0.3, -0.25) is 9.59 Å². The molecule has 0 aliphatic heterocycles. The fourth-order valence-electron chi connectivity index (χ4n) is 1.82. The molecule has 5 nitrogen and oxygen atoms in total. The smallest absolute Gasteiger partial charge is 0.303 e. The zero-order valence-electron chi connectivity index (χ0n) is 12.2. The Balaban J connectivity index is 2.54. The van der Waals surface area contributed by atoms with Crippen molar-refractivity contribution in [2.24, 2.45) is 0 Å². The third-order valence-corrected chi connectivity index (χ3v) is 3.03. The molecule has 0 bridgehead atoms. The Morgan fingerprint density at radius 2 is 1.85 bits per heavy atom. The number of carboxylic acid groups (broad SMARTS) is 1. The minimum Gasteiger partial charge on any atom is -0.481 e. The summed E-state index contributed by atoms with van der Waals surface area (Å²) in [5, 5.41) is 11.6. The average Bonchev–Trinajstić information content (AvgIpc) is 2.36. The molecule has 1 rings (SSSR count). The van der Waals surface area contributed by atoms with Gasteiger partial charge in [0.1, 0.15) is 0 Å². The van der Waals surface area contributed by atoms with E-state index in [0.717, 1.165) is 11.3 Å². The third-order valence-electron chi connectivity index (χ3n) is 3.03. The van der Waals surface area contributed by atoms with Gasteiger partial charge in [-0.25, -0.2) is 0 Å². The molecule has 0 radical (unpaired) electrons. The first kappa shape index (κ1) is 16.2. The van der Waals surface area contributed by atoms with Gasteiger partial charge < -0.3 is 15.3 Å². The molecule has 1 amide bonds. The number of aliphatic carboxylic acids is 1. The maximum Gasteiger partial charge on any atom is 0.303 e. The molecule has 1 aromatic carbocycles. The molecule has 5 heteroatoms. The van der Waals surface area contributed by atoms with Crippen LogP contribution >= 0.6 is 0 Å². The number of hydrogen-bond donors (Lipinski definition) is 2. The maximum absolute atomic E-state index is 11.7. The highest BCUT2D eigenvalue weighted by Gasteiger charge is 2.10. The van der Waals surface area contributed by atoms with Crippen LogP contribution in [0.1, 0.15) is 31.2 Å². The van der Waals surface area contributed by atoms with E-state index in [-0.39, 0.29) is 18.2 Å². The first-order chi connectivity index (χ1) is 9.38. The monoisotopic (exact) mass is 278 g/mol. The van der Waals surface area contributed by atoms with Crippen molar-refractivity contribution in [2.75, 3.05) is 26.0 Å². The fraction of sp³-hybridized carbons (Fsp3) is 0.467. The summed E-state index contributed by atoms with van der Waals surface area (Å²) in [5.74, 6) is -0.866. The van der Waals surface area contributed by atoms with Gasteiger partial charge >= 0.3 is 5.97 Å². The first-order valence-electron chi connectivity index (χ1n) is 6.65. The molecule has 0 aromatic heterocycles. The predicted molar refractivity (Wildman–Crippen MR) is 78.9 cm³/mol. The number of anilines is 1. The van der Waals surface area contributed by atoms with Crippen LogP contribution in [0, 0.1) is 0 Å². The predicted octanol–water partition coefficient (Wildman–Crippen LogP) is 2.16. The number of hydrogen-bond acceptors (Lipinski definition) is 3. The van der Waals surface area contributed by atoms with Gasteiger partial charge in [0, 0.05) is 18.7 Å². The molecule has 0 spiro atoms. The summed E-state index contributed by atoms with van der Waals surface area (Å²) in [6.07, 6.45) is 0.554. The summed E-state index contributed by atoms with van der Waals surface area (Å²) < 4.78 is 0.